The molecule has 6 nitrogen and oxygen atoms in total. The lowest BCUT2D eigenvalue weighted by Crippen LogP contribution is -2.03. The molecule has 0 spiro atoms. The van der Waals surface area contributed by atoms with Gasteiger partial charge in [-0.25, -0.2) is 15.4 Å². The van der Waals surface area contributed by atoms with Crippen molar-refractivity contribution in [1.29, 1.82) is 0 Å². The van der Waals surface area contributed by atoms with E-state index in [0.717, 1.165) is 44.9 Å². The molecule has 1 aliphatic heterocycles. The van der Waals surface area contributed by atoms with E-state index in [1.165, 1.54) is 5.56 Å². The van der Waals surface area contributed by atoms with E-state index < -0.39 is 0 Å². The third-order valence-corrected chi connectivity index (χ3v) is 5.01. The van der Waals surface area contributed by atoms with E-state index in [9.17, 15) is 0 Å². The van der Waals surface area contributed by atoms with Crippen LogP contribution in [0.3, 0.4) is 0 Å². The zero-order chi connectivity index (χ0) is 20.5. The highest BCUT2D eigenvalue weighted by molar-refractivity contribution is 5.99. The van der Waals surface area contributed by atoms with Crippen LogP contribution in [-0.2, 0) is 0 Å². The number of hydrazone groups is 1. The Kier molecular flexibility index (Phi) is 4.52. The highest BCUT2D eigenvalue weighted by Gasteiger charge is 2.14. The third-order valence-electron chi connectivity index (χ3n) is 5.01. The van der Waals surface area contributed by atoms with Crippen molar-refractivity contribution in [3.8, 4) is 22.8 Å². The summed E-state index contributed by atoms with van der Waals surface area (Å²) in [6, 6.07) is 22.0. The van der Waals surface area contributed by atoms with Crippen molar-refractivity contribution in [2.45, 2.75) is 13.8 Å². The fourth-order valence-electron chi connectivity index (χ4n) is 3.43. The molecule has 3 aromatic carbocycles. The van der Waals surface area contributed by atoms with Crippen molar-refractivity contribution < 1.29 is 9.47 Å². The van der Waals surface area contributed by atoms with Crippen molar-refractivity contribution in [3.63, 3.8) is 0 Å². The molecule has 6 heteroatoms. The Morgan fingerprint density at radius 1 is 0.933 bits per heavy atom. The van der Waals surface area contributed by atoms with Crippen molar-refractivity contribution in [2.75, 3.05) is 12.2 Å². The molecule has 148 valence electrons. The maximum Gasteiger partial charge on any atom is 0.244 e. The molecule has 0 radical (unpaired) electrons. The fourth-order valence-corrected chi connectivity index (χ4v) is 3.43. The van der Waals surface area contributed by atoms with Crippen molar-refractivity contribution >= 4 is 22.6 Å². The number of anilines is 1. The molecule has 1 aromatic heterocycles. The molecular weight excluding hydrogens is 376 g/mol. The number of fused-ring (bicyclic) bond motifs is 2. The van der Waals surface area contributed by atoms with Crippen LogP contribution in [0.2, 0.25) is 0 Å². The van der Waals surface area contributed by atoms with Crippen molar-refractivity contribution in [1.82, 2.24) is 9.97 Å². The van der Waals surface area contributed by atoms with E-state index >= 15 is 0 Å². The SMILES string of the molecule is C/C(=N\Nc1nc(-c2ccccc2)c2cc(C)ccc2n1)c1ccc2c(c1)OCO2. The lowest BCUT2D eigenvalue weighted by atomic mass is 10.0. The average molecular weight is 396 g/mol. The minimum Gasteiger partial charge on any atom is -0.454 e. The number of nitrogens with one attached hydrogen (secondary N) is 1. The Bertz CT molecular complexity index is 1270. The molecular formula is C24H20N4O2. The first-order chi connectivity index (χ1) is 14.7. The van der Waals surface area contributed by atoms with Crippen molar-refractivity contribution in [2.24, 2.45) is 5.10 Å². The van der Waals surface area contributed by atoms with Gasteiger partial charge in [0.2, 0.25) is 12.7 Å². The average Bonchev–Trinajstić information content (AvgIpc) is 3.25. The fraction of sp³-hybridized carbons (Fsp3) is 0.125. The summed E-state index contributed by atoms with van der Waals surface area (Å²) in [6.07, 6.45) is 0. The Balaban J connectivity index is 1.51. The van der Waals surface area contributed by atoms with Gasteiger partial charge in [-0.3, -0.25) is 0 Å². The molecule has 0 aliphatic carbocycles. The predicted molar refractivity (Wildman–Crippen MR) is 118 cm³/mol. The van der Waals surface area contributed by atoms with Crippen LogP contribution in [0.5, 0.6) is 11.5 Å². The van der Waals surface area contributed by atoms with Gasteiger partial charge in [0.15, 0.2) is 11.5 Å². The first-order valence-corrected chi connectivity index (χ1v) is 9.71. The minimum absolute atomic E-state index is 0.250. The molecule has 0 atom stereocenters. The molecule has 2 heterocycles. The maximum absolute atomic E-state index is 5.45. The summed E-state index contributed by atoms with van der Waals surface area (Å²) in [7, 11) is 0. The first-order valence-electron chi connectivity index (χ1n) is 9.71. The van der Waals surface area contributed by atoms with E-state index in [2.05, 4.69) is 46.7 Å². The van der Waals surface area contributed by atoms with E-state index in [4.69, 9.17) is 14.5 Å². The quantitative estimate of drug-likeness (QED) is 0.381. The number of aryl methyl sites for hydroxylation is 1. The van der Waals surface area contributed by atoms with E-state index in [-0.39, 0.29) is 6.79 Å². The molecule has 30 heavy (non-hydrogen) atoms. The lowest BCUT2D eigenvalue weighted by molar-refractivity contribution is 0.174. The second-order valence-corrected chi connectivity index (χ2v) is 7.16. The largest absolute Gasteiger partial charge is 0.454 e. The Morgan fingerprint density at radius 3 is 2.63 bits per heavy atom. The topological polar surface area (TPSA) is 68.6 Å². The lowest BCUT2D eigenvalue weighted by Gasteiger charge is -2.10. The highest BCUT2D eigenvalue weighted by atomic mass is 16.7. The van der Waals surface area contributed by atoms with Crippen LogP contribution >= 0.6 is 0 Å². The van der Waals surface area contributed by atoms with Crippen LogP contribution < -0.4 is 14.9 Å². The van der Waals surface area contributed by atoms with Crippen LogP contribution in [0, 0.1) is 6.92 Å². The molecule has 0 fully saturated rings. The van der Waals surface area contributed by atoms with Gasteiger partial charge < -0.3 is 9.47 Å². The molecule has 4 aromatic rings. The van der Waals surface area contributed by atoms with Gasteiger partial charge in [-0.1, -0.05) is 42.0 Å². The summed E-state index contributed by atoms with van der Waals surface area (Å²) in [4.78, 5) is 9.41. The number of hydrogen-bond acceptors (Lipinski definition) is 6. The molecule has 0 unspecified atom stereocenters. The Hall–Kier alpha value is -3.93. The number of benzene rings is 3. The van der Waals surface area contributed by atoms with E-state index in [1.54, 1.807) is 0 Å². The van der Waals surface area contributed by atoms with Crippen LogP contribution in [-0.4, -0.2) is 22.5 Å². The van der Waals surface area contributed by atoms with Crippen LogP contribution in [0.15, 0.2) is 71.8 Å². The number of rotatable bonds is 4. The monoisotopic (exact) mass is 396 g/mol. The predicted octanol–water partition coefficient (Wildman–Crippen LogP) is 5.17. The van der Waals surface area contributed by atoms with Gasteiger partial charge in [-0.05, 0) is 44.2 Å². The van der Waals surface area contributed by atoms with Crippen LogP contribution in [0.25, 0.3) is 22.2 Å². The van der Waals surface area contributed by atoms with Gasteiger partial charge in [0.05, 0.1) is 16.9 Å². The van der Waals surface area contributed by atoms with Gasteiger partial charge in [0, 0.05) is 16.5 Å². The maximum atomic E-state index is 5.45. The second-order valence-electron chi connectivity index (χ2n) is 7.16. The van der Waals surface area contributed by atoms with Gasteiger partial charge in [-0.2, -0.15) is 5.10 Å². The molecule has 0 amide bonds. The summed E-state index contributed by atoms with van der Waals surface area (Å²) in [6.45, 7) is 4.24. The summed E-state index contributed by atoms with van der Waals surface area (Å²) < 4.78 is 10.8. The molecule has 0 bridgehead atoms. The summed E-state index contributed by atoms with van der Waals surface area (Å²) >= 11 is 0. The van der Waals surface area contributed by atoms with E-state index in [0.29, 0.717) is 5.95 Å². The highest BCUT2D eigenvalue weighted by Crippen LogP contribution is 2.33. The van der Waals surface area contributed by atoms with Gasteiger partial charge in [0.25, 0.3) is 0 Å². The number of aromatic nitrogens is 2. The number of hydrogen-bond donors (Lipinski definition) is 1. The van der Waals surface area contributed by atoms with Gasteiger partial charge in [-0.15, -0.1) is 0 Å². The van der Waals surface area contributed by atoms with E-state index in [1.807, 2.05) is 49.4 Å². The summed E-state index contributed by atoms with van der Waals surface area (Å²) in [5.41, 5.74) is 8.70. The molecule has 0 saturated heterocycles. The summed E-state index contributed by atoms with van der Waals surface area (Å²) in [5.74, 6) is 1.93. The number of nitrogens with zero attached hydrogens (tertiary/aromatic N) is 3. The molecule has 1 aliphatic rings. The van der Waals surface area contributed by atoms with Crippen molar-refractivity contribution in [3.05, 3.63) is 77.9 Å². The smallest absolute Gasteiger partial charge is 0.244 e. The Morgan fingerprint density at radius 2 is 1.77 bits per heavy atom. The zero-order valence-electron chi connectivity index (χ0n) is 16.7. The summed E-state index contributed by atoms with van der Waals surface area (Å²) in [5, 5.41) is 5.51. The second kappa shape index (κ2) is 7.48. The molecule has 0 saturated carbocycles. The zero-order valence-corrected chi connectivity index (χ0v) is 16.7. The van der Waals surface area contributed by atoms with Gasteiger partial charge in [0.1, 0.15) is 0 Å². The molecule has 1 N–H and O–H groups in total. The first kappa shape index (κ1) is 18.1. The Labute approximate surface area is 174 Å². The number of ether oxygens (including phenoxy) is 2. The van der Waals surface area contributed by atoms with Crippen LogP contribution in [0.4, 0.5) is 5.95 Å². The third kappa shape index (κ3) is 3.43. The molecule has 5 rings (SSSR count). The van der Waals surface area contributed by atoms with Gasteiger partial charge >= 0.3 is 0 Å². The minimum atomic E-state index is 0.250. The normalized spacial score (nSPS) is 12.9. The van der Waals surface area contributed by atoms with Crippen LogP contribution in [0.1, 0.15) is 18.1 Å². The standard InChI is InChI=1S/C24H20N4O2/c1-15-8-10-20-19(12-15)23(17-6-4-3-5-7-17)26-24(25-20)28-27-16(2)18-9-11-21-22(13-18)30-14-29-21/h3-13H,14H2,1-2H3,(H,25,26,28)/b27-16+.